The van der Waals surface area contributed by atoms with Crippen LogP contribution in [0.5, 0.6) is 0 Å². The van der Waals surface area contributed by atoms with E-state index in [0.29, 0.717) is 24.7 Å². The van der Waals surface area contributed by atoms with Gasteiger partial charge in [-0.3, -0.25) is 4.79 Å². The lowest BCUT2D eigenvalue weighted by Gasteiger charge is -2.61. The summed E-state index contributed by atoms with van der Waals surface area (Å²) in [4.78, 5) is 14.9. The van der Waals surface area contributed by atoms with Crippen LogP contribution in [0.2, 0.25) is 0 Å². The molecule has 1 amide bonds. The molecule has 4 bridgehead atoms. The van der Waals surface area contributed by atoms with Gasteiger partial charge in [0.25, 0.3) is 0 Å². The number of rotatable bonds is 2. The molecule has 0 spiro atoms. The Labute approximate surface area is 142 Å². The van der Waals surface area contributed by atoms with Crippen LogP contribution >= 0.6 is 0 Å². The van der Waals surface area contributed by atoms with Gasteiger partial charge in [-0.1, -0.05) is 0 Å². The predicted molar refractivity (Wildman–Crippen MR) is 85.9 cm³/mol. The normalized spacial score (nSPS) is 55.2. The summed E-state index contributed by atoms with van der Waals surface area (Å²) in [5.41, 5.74) is 11.3. The van der Waals surface area contributed by atoms with E-state index in [1.165, 1.54) is 6.42 Å². The summed E-state index contributed by atoms with van der Waals surface area (Å²) in [6.07, 6.45) is 6.85. The molecule has 0 aromatic heterocycles. The summed E-state index contributed by atoms with van der Waals surface area (Å²) in [6.45, 7) is 0. The highest BCUT2D eigenvalue weighted by Gasteiger charge is 2.67. The van der Waals surface area contributed by atoms with Gasteiger partial charge in [-0.25, -0.2) is 0 Å². The van der Waals surface area contributed by atoms with E-state index in [4.69, 9.17) is 11.5 Å². The topological polar surface area (TPSA) is 116 Å². The minimum Gasteiger partial charge on any atom is -0.390 e. The lowest BCUT2D eigenvalue weighted by Crippen LogP contribution is -2.66. The number of nitriles is 1. The quantitative estimate of drug-likeness (QED) is 0.679. The number of hydrogen-bond acceptors (Lipinski definition) is 5. The molecule has 0 radical (unpaired) electrons. The van der Waals surface area contributed by atoms with Crippen LogP contribution in [0.4, 0.5) is 0 Å². The van der Waals surface area contributed by atoms with Gasteiger partial charge in [0.15, 0.2) is 0 Å². The van der Waals surface area contributed by atoms with E-state index in [-0.39, 0.29) is 17.2 Å². The first-order valence-corrected chi connectivity index (χ1v) is 9.28. The number of carbonyl (C=O) groups is 1. The standard InChI is InChI=1S/C18H26N4O2/c19-8-13-2-12-7-18(12,21)22(13)15(23)14(20)16-3-10-1-11(4-16)6-17(24,5-10)9-16/h10-14,24H,1-7,9,20-21H2/t10?,11?,12-,13+,14-,16?,17?,18+/m1/s1. The fourth-order valence-corrected chi connectivity index (χ4v) is 7.11. The number of amides is 1. The molecule has 5 N–H and O–H groups in total. The highest BCUT2D eigenvalue weighted by atomic mass is 16.3. The number of nitrogens with two attached hydrogens (primary N) is 2. The van der Waals surface area contributed by atoms with Gasteiger partial charge >= 0.3 is 0 Å². The highest BCUT2D eigenvalue weighted by molar-refractivity contribution is 5.85. The first-order valence-electron chi connectivity index (χ1n) is 9.28. The van der Waals surface area contributed by atoms with E-state index < -0.39 is 23.3 Å². The molecule has 6 heteroatoms. The average molecular weight is 330 g/mol. The zero-order valence-corrected chi connectivity index (χ0v) is 13.9. The maximum Gasteiger partial charge on any atom is 0.242 e. The Morgan fingerprint density at radius 3 is 2.46 bits per heavy atom. The average Bonchev–Trinajstić information content (AvgIpc) is 3.04. The van der Waals surface area contributed by atoms with Gasteiger partial charge in [0.05, 0.1) is 23.4 Å². The molecule has 0 aromatic carbocycles. The van der Waals surface area contributed by atoms with Gasteiger partial charge in [-0.15, -0.1) is 0 Å². The van der Waals surface area contributed by atoms with Crippen molar-refractivity contribution >= 4 is 5.91 Å². The third-order valence-corrected chi connectivity index (χ3v) is 7.78. The zero-order valence-electron chi connectivity index (χ0n) is 13.9. The zero-order chi connectivity index (χ0) is 16.9. The van der Waals surface area contributed by atoms with E-state index in [9.17, 15) is 15.2 Å². The van der Waals surface area contributed by atoms with Crippen LogP contribution in [0, 0.1) is 34.5 Å². The number of piperidine rings is 1. The van der Waals surface area contributed by atoms with Crippen LogP contribution in [0.1, 0.15) is 51.4 Å². The maximum atomic E-state index is 13.3. The minimum atomic E-state index is -0.648. The van der Waals surface area contributed by atoms with Gasteiger partial charge in [0, 0.05) is 5.92 Å². The molecule has 1 aliphatic heterocycles. The summed E-state index contributed by atoms with van der Waals surface area (Å²) in [6, 6.07) is 1.15. The molecule has 6 nitrogen and oxygen atoms in total. The largest absolute Gasteiger partial charge is 0.390 e. The molecule has 6 fully saturated rings. The number of nitrogens with zero attached hydrogens (tertiary/aromatic N) is 2. The van der Waals surface area contributed by atoms with Gasteiger partial charge in [-0.2, -0.15) is 5.26 Å². The monoisotopic (exact) mass is 330 g/mol. The molecule has 5 saturated carbocycles. The molecule has 0 aromatic rings. The summed E-state index contributed by atoms with van der Waals surface area (Å²) in [5.74, 6) is 1.07. The van der Waals surface area contributed by atoms with Crippen molar-refractivity contribution in [3.63, 3.8) is 0 Å². The van der Waals surface area contributed by atoms with Crippen LogP contribution in [-0.2, 0) is 4.79 Å². The number of carbonyl (C=O) groups excluding carboxylic acids is 1. The van der Waals surface area contributed by atoms with E-state index in [1.807, 2.05) is 0 Å². The Kier molecular flexibility index (Phi) is 2.72. The van der Waals surface area contributed by atoms with Crippen molar-refractivity contribution in [2.75, 3.05) is 0 Å². The molecular weight excluding hydrogens is 304 g/mol. The third-order valence-electron chi connectivity index (χ3n) is 7.78. The van der Waals surface area contributed by atoms with Crippen molar-refractivity contribution in [3.8, 4) is 6.07 Å². The van der Waals surface area contributed by atoms with Gasteiger partial charge in [-0.05, 0) is 68.6 Å². The lowest BCUT2D eigenvalue weighted by atomic mass is 9.46. The van der Waals surface area contributed by atoms with Crippen molar-refractivity contribution in [3.05, 3.63) is 0 Å². The lowest BCUT2D eigenvalue weighted by molar-refractivity contribution is -0.178. The first-order chi connectivity index (χ1) is 11.3. The molecule has 5 aliphatic carbocycles. The Morgan fingerprint density at radius 2 is 1.88 bits per heavy atom. The number of likely N-dealkylation sites (tertiary alicyclic amines) is 1. The number of fused-ring (bicyclic) bond motifs is 1. The summed E-state index contributed by atoms with van der Waals surface area (Å²) in [5, 5.41) is 20.3. The van der Waals surface area contributed by atoms with Gasteiger partial charge in [0.1, 0.15) is 6.04 Å². The summed E-state index contributed by atoms with van der Waals surface area (Å²) >= 11 is 0. The first kappa shape index (κ1) is 15.1. The Bertz CT molecular complexity index is 644. The molecular formula is C18H26N4O2. The van der Waals surface area contributed by atoms with E-state index >= 15 is 0 Å². The van der Waals surface area contributed by atoms with Crippen LogP contribution in [-0.4, -0.2) is 39.3 Å². The summed E-state index contributed by atoms with van der Waals surface area (Å²) < 4.78 is 0. The molecule has 1 saturated heterocycles. The van der Waals surface area contributed by atoms with Crippen LogP contribution in [0.3, 0.4) is 0 Å². The highest BCUT2D eigenvalue weighted by Crippen LogP contribution is 2.63. The van der Waals surface area contributed by atoms with Crippen molar-refractivity contribution in [2.24, 2.45) is 34.6 Å². The van der Waals surface area contributed by atoms with Crippen LogP contribution < -0.4 is 11.5 Å². The molecule has 1 heterocycles. The SMILES string of the molecule is N#C[C@@H]1C[C@@H]2C[C@]2(N)N1C(=O)[C@@H](N)C12CC3CC(CC(O)(C3)C1)C2. The van der Waals surface area contributed by atoms with Crippen molar-refractivity contribution in [1.82, 2.24) is 4.90 Å². The van der Waals surface area contributed by atoms with Gasteiger partial charge < -0.3 is 21.5 Å². The molecule has 2 unspecified atom stereocenters. The van der Waals surface area contributed by atoms with E-state index in [1.54, 1.807) is 4.90 Å². The predicted octanol–water partition coefficient (Wildman–Crippen LogP) is 0.444. The minimum absolute atomic E-state index is 0.158. The van der Waals surface area contributed by atoms with Crippen molar-refractivity contribution in [2.45, 2.75) is 74.7 Å². The van der Waals surface area contributed by atoms with Crippen LogP contribution in [0.15, 0.2) is 0 Å². The molecule has 6 atom stereocenters. The fraction of sp³-hybridized carbons (Fsp3) is 0.889. The molecule has 130 valence electrons. The number of hydrogen-bond donors (Lipinski definition) is 3. The Morgan fingerprint density at radius 1 is 1.21 bits per heavy atom. The van der Waals surface area contributed by atoms with Gasteiger partial charge in [0.2, 0.25) is 5.91 Å². The second-order valence-corrected chi connectivity index (χ2v) is 9.51. The van der Waals surface area contributed by atoms with Crippen LogP contribution in [0.25, 0.3) is 0 Å². The van der Waals surface area contributed by atoms with Crippen molar-refractivity contribution < 1.29 is 9.90 Å². The molecule has 6 aliphatic rings. The van der Waals surface area contributed by atoms with E-state index in [0.717, 1.165) is 32.1 Å². The third kappa shape index (κ3) is 1.78. The smallest absolute Gasteiger partial charge is 0.242 e. The van der Waals surface area contributed by atoms with E-state index in [2.05, 4.69) is 6.07 Å². The summed E-state index contributed by atoms with van der Waals surface area (Å²) in [7, 11) is 0. The Hall–Kier alpha value is -1.16. The molecule has 24 heavy (non-hydrogen) atoms. The second-order valence-electron chi connectivity index (χ2n) is 9.51. The molecule has 6 rings (SSSR count). The maximum absolute atomic E-state index is 13.3. The van der Waals surface area contributed by atoms with Crippen molar-refractivity contribution in [1.29, 1.82) is 5.26 Å². The second kappa shape index (κ2) is 4.32. The Balaban J connectivity index is 1.45. The fourth-order valence-electron chi connectivity index (χ4n) is 7.11. The number of aliphatic hydroxyl groups is 1.